The van der Waals surface area contributed by atoms with E-state index in [1.807, 2.05) is 30.3 Å². The molecule has 0 radical (unpaired) electrons. The highest BCUT2D eigenvalue weighted by molar-refractivity contribution is 8.00. The van der Waals surface area contributed by atoms with E-state index < -0.39 is 0 Å². The van der Waals surface area contributed by atoms with Crippen molar-refractivity contribution < 1.29 is 9.53 Å². The number of rotatable bonds is 5. The van der Waals surface area contributed by atoms with Crippen LogP contribution in [-0.2, 0) is 9.53 Å². The van der Waals surface area contributed by atoms with E-state index in [1.165, 1.54) is 0 Å². The Hall–Kier alpha value is -1.04. The highest BCUT2D eigenvalue weighted by Gasteiger charge is 2.13. The Bertz CT molecular complexity index is 367. The van der Waals surface area contributed by atoms with Crippen molar-refractivity contribution in [2.45, 2.75) is 10.9 Å². The van der Waals surface area contributed by atoms with Crippen LogP contribution in [0.25, 0.3) is 0 Å². The van der Waals surface area contributed by atoms with Crippen molar-refractivity contribution in [3.8, 4) is 0 Å². The highest BCUT2D eigenvalue weighted by atomic mass is 32.2. The van der Waals surface area contributed by atoms with Crippen molar-refractivity contribution in [3.63, 3.8) is 0 Å². The summed E-state index contributed by atoms with van der Waals surface area (Å²) < 4.78 is 5.32. The summed E-state index contributed by atoms with van der Waals surface area (Å²) in [5.41, 5.74) is 0. The highest BCUT2D eigenvalue weighted by Crippen LogP contribution is 2.16. The lowest BCUT2D eigenvalue weighted by atomic mass is 10.3. The van der Waals surface area contributed by atoms with Gasteiger partial charge in [-0.2, -0.15) is 0 Å². The molecule has 1 aromatic carbocycles. The molecule has 1 saturated heterocycles. The molecular formula is C13H18N2O2S. The zero-order valence-electron chi connectivity index (χ0n) is 10.2. The second-order valence-electron chi connectivity index (χ2n) is 4.13. The van der Waals surface area contributed by atoms with Gasteiger partial charge in [0.15, 0.2) is 0 Å². The lowest BCUT2D eigenvalue weighted by molar-refractivity contribution is -0.118. The van der Waals surface area contributed by atoms with Gasteiger partial charge in [-0.3, -0.25) is 4.79 Å². The number of nitrogens with one attached hydrogen (secondary N) is 2. The van der Waals surface area contributed by atoms with Crippen molar-refractivity contribution in [3.05, 3.63) is 30.3 Å². The molecule has 0 bridgehead atoms. The first kappa shape index (κ1) is 13.4. The molecule has 1 heterocycles. The quantitative estimate of drug-likeness (QED) is 0.777. The number of hydrogen-bond donors (Lipinski definition) is 2. The van der Waals surface area contributed by atoms with Gasteiger partial charge < -0.3 is 15.4 Å². The minimum atomic E-state index is 0.0660. The molecule has 1 aromatic rings. The largest absolute Gasteiger partial charge is 0.378 e. The number of benzene rings is 1. The Morgan fingerprint density at radius 1 is 1.44 bits per heavy atom. The molecule has 1 unspecified atom stereocenters. The summed E-state index contributed by atoms with van der Waals surface area (Å²) in [4.78, 5) is 12.8. The topological polar surface area (TPSA) is 50.4 Å². The molecule has 0 saturated carbocycles. The third-order valence-corrected chi connectivity index (χ3v) is 3.67. The van der Waals surface area contributed by atoms with Crippen LogP contribution in [0.2, 0.25) is 0 Å². The summed E-state index contributed by atoms with van der Waals surface area (Å²) in [6, 6.07) is 10.2. The van der Waals surface area contributed by atoms with E-state index in [9.17, 15) is 4.79 Å². The Morgan fingerprint density at radius 2 is 2.28 bits per heavy atom. The Kier molecular flexibility index (Phi) is 5.51. The van der Waals surface area contributed by atoms with Crippen LogP contribution in [0.15, 0.2) is 35.2 Å². The van der Waals surface area contributed by atoms with Crippen LogP contribution in [0.4, 0.5) is 0 Å². The van der Waals surface area contributed by atoms with Crippen LogP contribution < -0.4 is 10.6 Å². The molecule has 1 aliphatic rings. The molecule has 2 N–H and O–H groups in total. The van der Waals surface area contributed by atoms with Gasteiger partial charge in [-0.1, -0.05) is 18.2 Å². The van der Waals surface area contributed by atoms with E-state index in [0.29, 0.717) is 18.9 Å². The monoisotopic (exact) mass is 266 g/mol. The molecule has 18 heavy (non-hydrogen) atoms. The van der Waals surface area contributed by atoms with Gasteiger partial charge in [0.05, 0.1) is 19.0 Å². The lowest BCUT2D eigenvalue weighted by Gasteiger charge is -2.23. The van der Waals surface area contributed by atoms with Crippen molar-refractivity contribution >= 4 is 17.7 Å². The van der Waals surface area contributed by atoms with Crippen LogP contribution in [0, 0.1) is 0 Å². The molecule has 0 aromatic heterocycles. The number of thioether (sulfide) groups is 1. The minimum absolute atomic E-state index is 0.0660. The van der Waals surface area contributed by atoms with Crippen LogP contribution in [0.1, 0.15) is 0 Å². The van der Waals surface area contributed by atoms with E-state index in [2.05, 4.69) is 10.6 Å². The second-order valence-corrected chi connectivity index (χ2v) is 5.18. The van der Waals surface area contributed by atoms with Gasteiger partial charge in [-0.15, -0.1) is 11.8 Å². The standard InChI is InChI=1S/C13H18N2O2S/c16-13(10-18-12-4-2-1-3-5-12)15-8-11-9-17-7-6-14-11/h1-5,11,14H,6-10H2,(H,15,16). The molecule has 4 nitrogen and oxygen atoms in total. The Balaban J connectivity index is 1.63. The van der Waals surface area contributed by atoms with Gasteiger partial charge in [-0.05, 0) is 12.1 Å². The zero-order chi connectivity index (χ0) is 12.6. The van der Waals surface area contributed by atoms with E-state index >= 15 is 0 Å². The molecule has 1 fully saturated rings. The molecular weight excluding hydrogens is 248 g/mol. The SMILES string of the molecule is O=C(CSc1ccccc1)NCC1COCCN1. The Morgan fingerprint density at radius 3 is 3.00 bits per heavy atom. The molecule has 1 amide bonds. The molecule has 1 aliphatic heterocycles. The maximum Gasteiger partial charge on any atom is 0.230 e. The zero-order valence-corrected chi connectivity index (χ0v) is 11.0. The number of carbonyl (C=O) groups excluding carboxylic acids is 1. The summed E-state index contributed by atoms with van der Waals surface area (Å²) in [7, 11) is 0. The van der Waals surface area contributed by atoms with Crippen molar-refractivity contribution in [2.24, 2.45) is 0 Å². The summed E-state index contributed by atoms with van der Waals surface area (Å²) in [5, 5.41) is 6.22. The molecule has 5 heteroatoms. The average molecular weight is 266 g/mol. The van der Waals surface area contributed by atoms with Gasteiger partial charge in [0.1, 0.15) is 0 Å². The summed E-state index contributed by atoms with van der Waals surface area (Å²) >= 11 is 1.55. The summed E-state index contributed by atoms with van der Waals surface area (Å²) in [6.45, 7) is 2.92. The molecule has 0 aliphatic carbocycles. The van der Waals surface area contributed by atoms with Crippen LogP contribution >= 0.6 is 11.8 Å². The first-order valence-electron chi connectivity index (χ1n) is 6.10. The molecule has 2 rings (SSSR count). The number of carbonyl (C=O) groups is 1. The second kappa shape index (κ2) is 7.41. The third kappa shape index (κ3) is 4.68. The van der Waals surface area contributed by atoms with Crippen LogP contribution in [0.5, 0.6) is 0 Å². The smallest absolute Gasteiger partial charge is 0.230 e. The fraction of sp³-hybridized carbons (Fsp3) is 0.462. The normalized spacial score (nSPS) is 19.4. The average Bonchev–Trinajstić information content (AvgIpc) is 2.45. The predicted octanol–water partition coefficient (Wildman–Crippen LogP) is 0.883. The van der Waals surface area contributed by atoms with E-state index in [1.54, 1.807) is 11.8 Å². The van der Waals surface area contributed by atoms with Gasteiger partial charge in [-0.25, -0.2) is 0 Å². The summed E-state index contributed by atoms with van der Waals surface area (Å²) in [5.74, 6) is 0.522. The van der Waals surface area contributed by atoms with Crippen LogP contribution in [0.3, 0.4) is 0 Å². The third-order valence-electron chi connectivity index (χ3n) is 2.66. The maximum atomic E-state index is 11.7. The summed E-state index contributed by atoms with van der Waals surface area (Å²) in [6.07, 6.45) is 0. The number of hydrogen-bond acceptors (Lipinski definition) is 4. The molecule has 98 valence electrons. The first-order chi connectivity index (χ1) is 8.84. The first-order valence-corrected chi connectivity index (χ1v) is 7.09. The predicted molar refractivity (Wildman–Crippen MR) is 72.8 cm³/mol. The van der Waals surface area contributed by atoms with Crippen molar-refractivity contribution in [2.75, 3.05) is 32.1 Å². The number of amides is 1. The van der Waals surface area contributed by atoms with Crippen LogP contribution in [-0.4, -0.2) is 44.0 Å². The maximum absolute atomic E-state index is 11.7. The number of ether oxygens (including phenoxy) is 1. The van der Waals surface area contributed by atoms with Crippen molar-refractivity contribution in [1.82, 2.24) is 10.6 Å². The molecule has 1 atom stereocenters. The van der Waals surface area contributed by atoms with E-state index in [0.717, 1.165) is 18.0 Å². The van der Waals surface area contributed by atoms with Gasteiger partial charge in [0.25, 0.3) is 0 Å². The van der Waals surface area contributed by atoms with Gasteiger partial charge >= 0.3 is 0 Å². The number of morpholine rings is 1. The van der Waals surface area contributed by atoms with E-state index in [4.69, 9.17) is 4.74 Å². The molecule has 0 spiro atoms. The Labute approximate surface area is 111 Å². The fourth-order valence-corrected chi connectivity index (χ4v) is 2.45. The van der Waals surface area contributed by atoms with Gasteiger partial charge in [0, 0.05) is 24.0 Å². The van der Waals surface area contributed by atoms with E-state index in [-0.39, 0.29) is 11.9 Å². The lowest BCUT2D eigenvalue weighted by Crippen LogP contribution is -2.48. The fourth-order valence-electron chi connectivity index (χ4n) is 1.70. The van der Waals surface area contributed by atoms with Gasteiger partial charge in [0.2, 0.25) is 5.91 Å². The van der Waals surface area contributed by atoms with Crippen molar-refractivity contribution in [1.29, 1.82) is 0 Å². The minimum Gasteiger partial charge on any atom is -0.378 e.